The summed E-state index contributed by atoms with van der Waals surface area (Å²) in [6.07, 6.45) is 0. The number of rotatable bonds is 5. The Morgan fingerprint density at radius 3 is 1.84 bits per heavy atom. The maximum Gasteiger partial charge on any atom is 0.267 e. The lowest BCUT2D eigenvalue weighted by molar-refractivity contribution is 0.955. The number of hydrogen-bond donors (Lipinski definition) is 1. The normalized spacial score (nSPS) is 10.6. The van der Waals surface area contributed by atoms with Gasteiger partial charge in [-0.25, -0.2) is 15.0 Å². The van der Waals surface area contributed by atoms with Crippen molar-refractivity contribution in [3.8, 4) is 5.69 Å². The zero-order chi connectivity index (χ0) is 21.8. The van der Waals surface area contributed by atoms with E-state index in [0.29, 0.717) is 16.9 Å². The summed E-state index contributed by atoms with van der Waals surface area (Å²) in [5, 5.41) is 5.27. The first-order valence-corrected chi connectivity index (χ1v) is 10.3. The molecular formula is C27H20N4O. The number of nitrogens with one attached hydrogen (secondary N) is 1. The highest BCUT2D eigenvalue weighted by molar-refractivity contribution is 6.13. The zero-order valence-electron chi connectivity index (χ0n) is 17.2. The number of hydrogen-bond acceptors (Lipinski definition) is 4. The maximum atomic E-state index is 13.4. The Bertz CT molecular complexity index is 1400. The fourth-order valence-electron chi connectivity index (χ4n) is 3.62. The smallest absolute Gasteiger partial charge is 0.267 e. The van der Waals surface area contributed by atoms with Gasteiger partial charge < -0.3 is 0 Å². The van der Waals surface area contributed by atoms with Crippen molar-refractivity contribution in [2.45, 2.75) is 0 Å². The van der Waals surface area contributed by atoms with E-state index >= 15 is 0 Å². The van der Waals surface area contributed by atoms with Crippen LogP contribution >= 0.6 is 0 Å². The molecule has 0 radical (unpaired) electrons. The lowest BCUT2D eigenvalue weighted by Gasteiger charge is -2.14. The molecule has 0 aliphatic heterocycles. The standard InChI is InChI=1S/C27H20N4O/c32-26-23-18-10-11-19-24(23)28-27(31(26)22-16-8-3-9-17-22)30-29-25(20-12-4-1-5-13-20)21-14-6-2-7-15-21/h1-19H,(H,28,30). The molecule has 0 amide bonds. The highest BCUT2D eigenvalue weighted by Gasteiger charge is 2.13. The largest absolute Gasteiger partial charge is 0.268 e. The second-order valence-corrected chi connectivity index (χ2v) is 7.23. The fourth-order valence-corrected chi connectivity index (χ4v) is 3.62. The van der Waals surface area contributed by atoms with Crippen LogP contribution in [0.15, 0.2) is 125 Å². The van der Waals surface area contributed by atoms with Gasteiger partial charge in [0.2, 0.25) is 5.95 Å². The second-order valence-electron chi connectivity index (χ2n) is 7.23. The van der Waals surface area contributed by atoms with Gasteiger partial charge in [0, 0.05) is 11.1 Å². The number of benzene rings is 4. The molecule has 1 N–H and O–H groups in total. The summed E-state index contributed by atoms with van der Waals surface area (Å²) in [4.78, 5) is 18.1. The predicted octanol–water partition coefficient (Wildman–Crippen LogP) is 5.25. The van der Waals surface area contributed by atoms with E-state index in [2.05, 4.69) is 5.43 Å². The Kier molecular flexibility index (Phi) is 5.29. The van der Waals surface area contributed by atoms with Gasteiger partial charge in [0.05, 0.1) is 22.3 Å². The van der Waals surface area contributed by atoms with Crippen molar-refractivity contribution in [3.63, 3.8) is 0 Å². The van der Waals surface area contributed by atoms with E-state index in [1.165, 1.54) is 0 Å². The summed E-state index contributed by atoms with van der Waals surface area (Å²) in [7, 11) is 0. The van der Waals surface area contributed by atoms with E-state index in [0.717, 1.165) is 22.5 Å². The van der Waals surface area contributed by atoms with E-state index in [4.69, 9.17) is 10.1 Å². The molecule has 0 aliphatic carbocycles. The van der Waals surface area contributed by atoms with E-state index in [1.54, 1.807) is 10.6 Å². The molecule has 5 rings (SSSR count). The van der Waals surface area contributed by atoms with Gasteiger partial charge in [-0.2, -0.15) is 5.10 Å². The first-order chi connectivity index (χ1) is 15.8. The molecule has 0 bridgehead atoms. The minimum Gasteiger partial charge on any atom is -0.268 e. The van der Waals surface area contributed by atoms with Gasteiger partial charge in [-0.05, 0) is 24.3 Å². The molecule has 0 saturated carbocycles. The summed E-state index contributed by atoms with van der Waals surface area (Å²) < 4.78 is 1.56. The number of fused-ring (bicyclic) bond motifs is 1. The molecule has 154 valence electrons. The van der Waals surface area contributed by atoms with Crippen LogP contribution in [0.4, 0.5) is 5.95 Å². The molecule has 32 heavy (non-hydrogen) atoms. The summed E-state index contributed by atoms with van der Waals surface area (Å²) in [5.41, 5.74) is 6.94. The van der Waals surface area contributed by atoms with Gasteiger partial charge in [-0.15, -0.1) is 0 Å². The summed E-state index contributed by atoms with van der Waals surface area (Å²) in [6, 6.07) is 36.6. The van der Waals surface area contributed by atoms with Crippen LogP contribution in [0.1, 0.15) is 11.1 Å². The van der Waals surface area contributed by atoms with Crippen LogP contribution in [0, 0.1) is 0 Å². The van der Waals surface area contributed by atoms with E-state index < -0.39 is 0 Å². The fraction of sp³-hybridized carbons (Fsp3) is 0. The number of aromatic nitrogens is 2. The van der Waals surface area contributed by atoms with Gasteiger partial charge >= 0.3 is 0 Å². The molecule has 0 spiro atoms. The van der Waals surface area contributed by atoms with Crippen molar-refractivity contribution >= 4 is 22.6 Å². The summed E-state index contributed by atoms with van der Waals surface area (Å²) in [6.45, 7) is 0. The number of nitrogens with zero attached hydrogens (tertiary/aromatic N) is 3. The molecule has 5 aromatic rings. The molecule has 0 atom stereocenters. The van der Waals surface area contributed by atoms with E-state index in [1.807, 2.05) is 109 Å². The first-order valence-electron chi connectivity index (χ1n) is 10.3. The van der Waals surface area contributed by atoms with Crippen LogP contribution in [0.25, 0.3) is 16.6 Å². The Labute approximate surface area is 185 Å². The number of hydrazone groups is 1. The average molecular weight is 416 g/mol. The quantitative estimate of drug-likeness (QED) is 0.314. The van der Waals surface area contributed by atoms with E-state index in [-0.39, 0.29) is 5.56 Å². The highest BCUT2D eigenvalue weighted by Crippen LogP contribution is 2.17. The molecule has 5 heteroatoms. The molecular weight excluding hydrogens is 396 g/mol. The van der Waals surface area contributed by atoms with Crippen LogP contribution in [0.2, 0.25) is 0 Å². The van der Waals surface area contributed by atoms with Crippen LogP contribution in [-0.4, -0.2) is 15.3 Å². The molecule has 5 nitrogen and oxygen atoms in total. The maximum absolute atomic E-state index is 13.4. The topological polar surface area (TPSA) is 59.3 Å². The van der Waals surface area contributed by atoms with Crippen molar-refractivity contribution < 1.29 is 0 Å². The van der Waals surface area contributed by atoms with E-state index in [9.17, 15) is 4.79 Å². The highest BCUT2D eigenvalue weighted by atomic mass is 16.1. The summed E-state index contributed by atoms with van der Waals surface area (Å²) >= 11 is 0. The Morgan fingerprint density at radius 1 is 0.688 bits per heavy atom. The summed E-state index contributed by atoms with van der Waals surface area (Å²) in [5.74, 6) is 0.351. The van der Waals surface area contributed by atoms with Gasteiger partial charge in [0.15, 0.2) is 0 Å². The van der Waals surface area contributed by atoms with Gasteiger partial charge in [0.1, 0.15) is 0 Å². The van der Waals surface area contributed by atoms with Crippen molar-refractivity contribution in [2.24, 2.45) is 5.10 Å². The Morgan fingerprint density at radius 2 is 1.22 bits per heavy atom. The molecule has 1 aromatic heterocycles. The molecule has 0 aliphatic rings. The van der Waals surface area contributed by atoms with Crippen molar-refractivity contribution in [1.29, 1.82) is 0 Å². The molecule has 4 aromatic carbocycles. The third-order valence-electron chi connectivity index (χ3n) is 5.15. The lowest BCUT2D eigenvalue weighted by atomic mass is 10.0. The van der Waals surface area contributed by atoms with Gasteiger partial charge in [-0.1, -0.05) is 91.0 Å². The SMILES string of the molecule is O=c1c2ccccc2nc(NN=C(c2ccccc2)c2ccccc2)n1-c1ccccc1. The molecule has 1 heterocycles. The minimum absolute atomic E-state index is 0.152. The first kappa shape index (κ1) is 19.5. The van der Waals surface area contributed by atoms with Crippen LogP contribution < -0.4 is 11.0 Å². The Balaban J connectivity index is 1.69. The third-order valence-corrected chi connectivity index (χ3v) is 5.15. The average Bonchev–Trinajstić information content (AvgIpc) is 2.86. The lowest BCUT2D eigenvalue weighted by Crippen LogP contribution is -2.23. The molecule has 0 fully saturated rings. The van der Waals surface area contributed by atoms with Crippen LogP contribution in [0.3, 0.4) is 0 Å². The van der Waals surface area contributed by atoms with Crippen molar-refractivity contribution in [1.82, 2.24) is 9.55 Å². The van der Waals surface area contributed by atoms with Crippen molar-refractivity contribution in [2.75, 3.05) is 5.43 Å². The third kappa shape index (κ3) is 3.79. The molecule has 0 unspecified atom stereocenters. The Hall–Kier alpha value is -4.51. The van der Waals surface area contributed by atoms with Crippen LogP contribution in [0.5, 0.6) is 0 Å². The zero-order valence-corrected chi connectivity index (χ0v) is 17.2. The van der Waals surface area contributed by atoms with Crippen molar-refractivity contribution in [3.05, 3.63) is 137 Å². The van der Waals surface area contributed by atoms with Gasteiger partial charge in [0.25, 0.3) is 5.56 Å². The number of para-hydroxylation sites is 2. The minimum atomic E-state index is -0.152. The predicted molar refractivity (Wildman–Crippen MR) is 129 cm³/mol. The number of anilines is 1. The van der Waals surface area contributed by atoms with Gasteiger partial charge in [-0.3, -0.25) is 4.79 Å². The second kappa shape index (κ2) is 8.70. The monoisotopic (exact) mass is 416 g/mol. The molecule has 0 saturated heterocycles. The van der Waals surface area contributed by atoms with Crippen LogP contribution in [-0.2, 0) is 0 Å².